The summed E-state index contributed by atoms with van der Waals surface area (Å²) in [6.45, 7) is 1.81. The predicted octanol–water partition coefficient (Wildman–Crippen LogP) is 1.83. The standard InChI is InChI=1S/C16H19N3O5S/c1-11-6-5-9-17-15(11)18-16(20)12-7-8-13(23-3)14(10-12)25(21,22)19(2)24-4/h5-10H,1-4H3,(H,17,18,20). The van der Waals surface area contributed by atoms with Crippen LogP contribution in [0.4, 0.5) is 5.82 Å². The molecule has 0 fully saturated rings. The van der Waals surface area contributed by atoms with E-state index >= 15 is 0 Å². The molecule has 0 unspecified atom stereocenters. The van der Waals surface area contributed by atoms with E-state index in [0.29, 0.717) is 10.3 Å². The number of hydrogen-bond donors (Lipinski definition) is 1. The maximum Gasteiger partial charge on any atom is 0.268 e. The van der Waals surface area contributed by atoms with Gasteiger partial charge < -0.3 is 10.1 Å². The fourth-order valence-electron chi connectivity index (χ4n) is 2.05. The van der Waals surface area contributed by atoms with E-state index < -0.39 is 15.9 Å². The van der Waals surface area contributed by atoms with Crippen LogP contribution in [0.5, 0.6) is 5.75 Å². The summed E-state index contributed by atoms with van der Waals surface area (Å²) < 4.78 is 30.8. The summed E-state index contributed by atoms with van der Waals surface area (Å²) in [7, 11) is -0.158. The topological polar surface area (TPSA) is 97.8 Å². The summed E-state index contributed by atoms with van der Waals surface area (Å²) >= 11 is 0. The number of nitrogens with one attached hydrogen (secondary N) is 1. The minimum absolute atomic E-state index is 0.106. The zero-order valence-electron chi connectivity index (χ0n) is 14.3. The largest absolute Gasteiger partial charge is 0.495 e. The third kappa shape index (κ3) is 3.95. The molecule has 0 bridgehead atoms. The van der Waals surface area contributed by atoms with Crippen LogP contribution >= 0.6 is 0 Å². The van der Waals surface area contributed by atoms with Gasteiger partial charge in [0.2, 0.25) is 0 Å². The number of aryl methyl sites for hydroxylation is 1. The highest BCUT2D eigenvalue weighted by atomic mass is 32.2. The monoisotopic (exact) mass is 365 g/mol. The second kappa shape index (κ2) is 7.60. The number of pyridine rings is 1. The van der Waals surface area contributed by atoms with Gasteiger partial charge in [-0.3, -0.25) is 9.63 Å². The van der Waals surface area contributed by atoms with Crippen molar-refractivity contribution in [2.45, 2.75) is 11.8 Å². The van der Waals surface area contributed by atoms with Crippen molar-refractivity contribution in [2.75, 3.05) is 26.6 Å². The molecule has 0 spiro atoms. The molecule has 0 atom stereocenters. The molecular formula is C16H19N3O5S. The third-order valence-electron chi connectivity index (χ3n) is 3.54. The van der Waals surface area contributed by atoms with Crippen LogP contribution in [0.25, 0.3) is 0 Å². The normalized spacial score (nSPS) is 11.4. The highest BCUT2D eigenvalue weighted by molar-refractivity contribution is 7.89. The Morgan fingerprint density at radius 1 is 1.24 bits per heavy atom. The number of amides is 1. The Labute approximate surface area is 146 Å². The first kappa shape index (κ1) is 18.8. The second-order valence-electron chi connectivity index (χ2n) is 5.09. The average molecular weight is 365 g/mol. The zero-order valence-corrected chi connectivity index (χ0v) is 15.1. The van der Waals surface area contributed by atoms with E-state index in [-0.39, 0.29) is 16.2 Å². The molecule has 1 heterocycles. The zero-order chi connectivity index (χ0) is 18.6. The number of carbonyl (C=O) groups is 1. The van der Waals surface area contributed by atoms with Crippen LogP contribution in [0.1, 0.15) is 15.9 Å². The highest BCUT2D eigenvalue weighted by Gasteiger charge is 2.26. The van der Waals surface area contributed by atoms with E-state index in [2.05, 4.69) is 10.3 Å². The van der Waals surface area contributed by atoms with Gasteiger partial charge in [0.1, 0.15) is 16.5 Å². The van der Waals surface area contributed by atoms with Crippen molar-refractivity contribution in [1.82, 2.24) is 9.45 Å². The molecule has 0 aliphatic carbocycles. The van der Waals surface area contributed by atoms with Crippen molar-refractivity contribution in [3.05, 3.63) is 47.7 Å². The molecule has 0 radical (unpaired) electrons. The predicted molar refractivity (Wildman–Crippen MR) is 91.9 cm³/mol. The third-order valence-corrected chi connectivity index (χ3v) is 5.24. The summed E-state index contributed by atoms with van der Waals surface area (Å²) in [5.74, 6) is 0.0252. The minimum Gasteiger partial charge on any atom is -0.495 e. The lowest BCUT2D eigenvalue weighted by molar-refractivity contribution is -0.0259. The fraction of sp³-hybridized carbons (Fsp3) is 0.250. The lowest BCUT2D eigenvalue weighted by Crippen LogP contribution is -2.26. The Morgan fingerprint density at radius 2 is 1.96 bits per heavy atom. The molecule has 9 heteroatoms. The van der Waals surface area contributed by atoms with Crippen LogP contribution in [0, 0.1) is 6.92 Å². The lowest BCUT2D eigenvalue weighted by Gasteiger charge is -2.17. The smallest absolute Gasteiger partial charge is 0.268 e. The second-order valence-corrected chi connectivity index (χ2v) is 6.99. The number of anilines is 1. The molecule has 25 heavy (non-hydrogen) atoms. The van der Waals surface area contributed by atoms with Gasteiger partial charge in [-0.2, -0.15) is 0 Å². The SMILES string of the molecule is COc1ccc(C(=O)Nc2ncccc2C)cc1S(=O)(=O)N(C)OC. The van der Waals surface area contributed by atoms with Crippen molar-refractivity contribution in [1.29, 1.82) is 0 Å². The Kier molecular flexibility index (Phi) is 5.73. The molecule has 0 aliphatic rings. The number of nitrogens with zero attached hydrogens (tertiary/aromatic N) is 2. The van der Waals surface area contributed by atoms with Crippen molar-refractivity contribution >= 4 is 21.7 Å². The van der Waals surface area contributed by atoms with E-state index in [1.807, 2.05) is 0 Å². The highest BCUT2D eigenvalue weighted by Crippen LogP contribution is 2.27. The maximum absolute atomic E-state index is 12.5. The number of carbonyl (C=O) groups excluding carboxylic acids is 1. The summed E-state index contributed by atoms with van der Waals surface area (Å²) in [4.78, 5) is 21.1. The number of methoxy groups -OCH3 is 1. The Morgan fingerprint density at radius 3 is 2.56 bits per heavy atom. The number of ether oxygens (including phenoxy) is 1. The van der Waals surface area contributed by atoms with E-state index in [9.17, 15) is 13.2 Å². The quantitative estimate of drug-likeness (QED) is 0.785. The first-order chi connectivity index (χ1) is 11.8. The Hall–Kier alpha value is -2.49. The molecule has 0 saturated carbocycles. The molecule has 1 amide bonds. The van der Waals surface area contributed by atoms with Gasteiger partial charge in [0.15, 0.2) is 0 Å². The lowest BCUT2D eigenvalue weighted by atomic mass is 10.2. The molecule has 1 N–H and O–H groups in total. The average Bonchev–Trinajstić information content (AvgIpc) is 2.62. The van der Waals surface area contributed by atoms with Gasteiger partial charge in [0, 0.05) is 18.8 Å². The minimum atomic E-state index is -3.98. The number of sulfonamides is 1. The van der Waals surface area contributed by atoms with Gasteiger partial charge in [0.25, 0.3) is 15.9 Å². The molecule has 2 rings (SSSR count). The Balaban J connectivity index is 2.42. The number of rotatable bonds is 6. The molecule has 1 aromatic heterocycles. The number of benzene rings is 1. The summed E-state index contributed by atoms with van der Waals surface area (Å²) in [6.07, 6.45) is 1.56. The molecule has 2 aromatic rings. The van der Waals surface area contributed by atoms with Crippen molar-refractivity contribution in [2.24, 2.45) is 0 Å². The summed E-state index contributed by atoms with van der Waals surface area (Å²) in [5, 5.41) is 2.66. The van der Waals surface area contributed by atoms with E-state index in [1.54, 1.807) is 25.3 Å². The van der Waals surface area contributed by atoms with Gasteiger partial charge in [-0.05, 0) is 36.8 Å². The van der Waals surface area contributed by atoms with Crippen LogP contribution in [0.3, 0.4) is 0 Å². The maximum atomic E-state index is 12.5. The van der Waals surface area contributed by atoms with E-state index in [1.165, 1.54) is 39.5 Å². The first-order valence-corrected chi connectivity index (χ1v) is 8.69. The van der Waals surface area contributed by atoms with Crippen LogP contribution < -0.4 is 10.1 Å². The van der Waals surface area contributed by atoms with Gasteiger partial charge in [-0.1, -0.05) is 10.5 Å². The first-order valence-electron chi connectivity index (χ1n) is 7.25. The van der Waals surface area contributed by atoms with Crippen LogP contribution in [-0.2, 0) is 14.9 Å². The molecular weight excluding hydrogens is 346 g/mol. The van der Waals surface area contributed by atoms with Crippen LogP contribution in [0.15, 0.2) is 41.4 Å². The van der Waals surface area contributed by atoms with Gasteiger partial charge in [-0.15, -0.1) is 0 Å². The number of hydroxylamine groups is 1. The number of hydrogen-bond acceptors (Lipinski definition) is 6. The van der Waals surface area contributed by atoms with Crippen molar-refractivity contribution in [3.63, 3.8) is 0 Å². The van der Waals surface area contributed by atoms with Crippen molar-refractivity contribution < 1.29 is 22.8 Å². The fourth-order valence-corrected chi connectivity index (χ4v) is 3.21. The molecule has 0 aliphatic heterocycles. The van der Waals surface area contributed by atoms with E-state index in [4.69, 9.17) is 9.57 Å². The number of aromatic nitrogens is 1. The van der Waals surface area contributed by atoms with Gasteiger partial charge in [0.05, 0.1) is 14.2 Å². The molecule has 8 nitrogen and oxygen atoms in total. The summed E-state index contributed by atoms with van der Waals surface area (Å²) in [5.41, 5.74) is 0.935. The van der Waals surface area contributed by atoms with Gasteiger partial charge in [-0.25, -0.2) is 13.4 Å². The van der Waals surface area contributed by atoms with Gasteiger partial charge >= 0.3 is 0 Å². The Bertz CT molecular complexity index is 883. The molecule has 134 valence electrons. The summed E-state index contributed by atoms with van der Waals surface area (Å²) in [6, 6.07) is 7.68. The van der Waals surface area contributed by atoms with Crippen LogP contribution in [-0.4, -0.2) is 45.0 Å². The van der Waals surface area contributed by atoms with Crippen LogP contribution in [0.2, 0.25) is 0 Å². The molecule has 0 saturated heterocycles. The van der Waals surface area contributed by atoms with E-state index in [0.717, 1.165) is 5.56 Å². The van der Waals surface area contributed by atoms with Crippen molar-refractivity contribution in [3.8, 4) is 5.75 Å². The molecule has 1 aromatic carbocycles.